The van der Waals surface area contributed by atoms with Gasteiger partial charge in [-0.1, -0.05) is 26.7 Å². The van der Waals surface area contributed by atoms with Gasteiger partial charge in [0, 0.05) is 17.5 Å². The molecule has 2 saturated carbocycles. The second-order valence-corrected chi connectivity index (χ2v) is 6.84. The Morgan fingerprint density at radius 3 is 2.43 bits per heavy atom. The average molecular weight is 289 g/mol. The van der Waals surface area contributed by atoms with Crippen LogP contribution in [-0.4, -0.2) is 16.0 Å². The van der Waals surface area contributed by atoms with Gasteiger partial charge in [0.05, 0.1) is 0 Å². The molecule has 0 aromatic carbocycles. The fourth-order valence-electron chi connectivity index (χ4n) is 3.30. The number of nitrogen functional groups attached to an aromatic ring is 1. The lowest BCUT2D eigenvalue weighted by Gasteiger charge is -2.35. The van der Waals surface area contributed by atoms with E-state index in [0.29, 0.717) is 17.9 Å². The van der Waals surface area contributed by atoms with Crippen molar-refractivity contribution in [2.75, 3.05) is 10.7 Å². The topological polar surface area (TPSA) is 75.9 Å². The fraction of sp³-hybridized carbons (Fsp3) is 0.750. The van der Waals surface area contributed by atoms with Crippen molar-refractivity contribution in [1.29, 1.82) is 0 Å². The predicted molar refractivity (Wildman–Crippen MR) is 86.1 cm³/mol. The first-order valence-electron chi connectivity index (χ1n) is 8.21. The van der Waals surface area contributed by atoms with Gasteiger partial charge in [-0.3, -0.25) is 0 Å². The molecule has 0 aliphatic heterocycles. The van der Waals surface area contributed by atoms with Crippen LogP contribution in [-0.2, 0) is 0 Å². The minimum absolute atomic E-state index is 0.500. The van der Waals surface area contributed by atoms with Gasteiger partial charge >= 0.3 is 0 Å². The molecule has 0 saturated heterocycles. The third-order valence-electron chi connectivity index (χ3n) is 5.27. The van der Waals surface area contributed by atoms with Gasteiger partial charge in [-0.25, -0.2) is 15.8 Å². The van der Waals surface area contributed by atoms with E-state index in [1.165, 1.54) is 32.1 Å². The van der Waals surface area contributed by atoms with Crippen LogP contribution in [0.4, 0.5) is 11.6 Å². The SMILES string of the molecule is Cc1c(NN)nc(C2CC2)nc1NC1CCCC(C)C1C. The highest BCUT2D eigenvalue weighted by atomic mass is 15.3. The molecule has 2 aliphatic rings. The molecule has 0 spiro atoms. The van der Waals surface area contributed by atoms with E-state index in [4.69, 9.17) is 10.8 Å². The third-order valence-corrected chi connectivity index (χ3v) is 5.27. The maximum atomic E-state index is 5.62. The lowest BCUT2D eigenvalue weighted by Crippen LogP contribution is -2.35. The summed E-state index contributed by atoms with van der Waals surface area (Å²) in [5, 5.41) is 3.68. The summed E-state index contributed by atoms with van der Waals surface area (Å²) in [4.78, 5) is 9.33. The molecule has 1 heterocycles. The number of hydrazine groups is 1. The minimum Gasteiger partial charge on any atom is -0.367 e. The fourth-order valence-corrected chi connectivity index (χ4v) is 3.30. The molecule has 2 fully saturated rings. The predicted octanol–water partition coefficient (Wildman–Crippen LogP) is 3.18. The first-order valence-corrected chi connectivity index (χ1v) is 8.21. The summed E-state index contributed by atoms with van der Waals surface area (Å²) in [6, 6.07) is 0.500. The molecule has 1 aromatic heterocycles. The smallest absolute Gasteiger partial charge is 0.148 e. The van der Waals surface area contributed by atoms with Crippen molar-refractivity contribution in [1.82, 2.24) is 9.97 Å². The van der Waals surface area contributed by atoms with Crippen molar-refractivity contribution < 1.29 is 0 Å². The van der Waals surface area contributed by atoms with Crippen molar-refractivity contribution in [3.05, 3.63) is 11.4 Å². The number of nitrogens with two attached hydrogens (primary N) is 1. The molecule has 3 atom stereocenters. The monoisotopic (exact) mass is 289 g/mol. The molecule has 0 bridgehead atoms. The molecule has 116 valence electrons. The van der Waals surface area contributed by atoms with Crippen LogP contribution >= 0.6 is 0 Å². The van der Waals surface area contributed by atoms with Crippen molar-refractivity contribution in [2.24, 2.45) is 17.7 Å². The minimum atomic E-state index is 0.500. The van der Waals surface area contributed by atoms with Crippen LogP contribution in [0.2, 0.25) is 0 Å². The highest BCUT2D eigenvalue weighted by molar-refractivity contribution is 5.57. The van der Waals surface area contributed by atoms with E-state index in [9.17, 15) is 0 Å². The molecule has 21 heavy (non-hydrogen) atoms. The van der Waals surface area contributed by atoms with E-state index in [2.05, 4.69) is 29.6 Å². The zero-order chi connectivity index (χ0) is 15.0. The van der Waals surface area contributed by atoms with E-state index >= 15 is 0 Å². The highest BCUT2D eigenvalue weighted by Gasteiger charge is 2.30. The maximum Gasteiger partial charge on any atom is 0.148 e. The summed E-state index contributed by atoms with van der Waals surface area (Å²) in [5.41, 5.74) is 3.75. The van der Waals surface area contributed by atoms with Gasteiger partial charge in [0.15, 0.2) is 0 Å². The van der Waals surface area contributed by atoms with Gasteiger partial charge in [-0.05, 0) is 38.0 Å². The second kappa shape index (κ2) is 5.79. The Kier molecular flexibility index (Phi) is 4.02. The molecule has 5 heteroatoms. The first-order chi connectivity index (χ1) is 10.1. The zero-order valence-corrected chi connectivity index (χ0v) is 13.3. The molecule has 4 N–H and O–H groups in total. The number of nitrogens with zero attached hydrogens (tertiary/aromatic N) is 2. The van der Waals surface area contributed by atoms with Crippen LogP contribution in [0, 0.1) is 18.8 Å². The Morgan fingerprint density at radius 2 is 1.76 bits per heavy atom. The molecular formula is C16H27N5. The van der Waals surface area contributed by atoms with Crippen molar-refractivity contribution in [3.63, 3.8) is 0 Å². The molecule has 0 radical (unpaired) electrons. The highest BCUT2D eigenvalue weighted by Crippen LogP contribution is 2.40. The van der Waals surface area contributed by atoms with Crippen LogP contribution in [0.25, 0.3) is 0 Å². The molecule has 3 unspecified atom stereocenters. The zero-order valence-electron chi connectivity index (χ0n) is 13.3. The lowest BCUT2D eigenvalue weighted by atomic mass is 9.78. The summed E-state index contributed by atoms with van der Waals surface area (Å²) in [5.74, 6) is 10.3. The van der Waals surface area contributed by atoms with Gasteiger partial charge in [0.25, 0.3) is 0 Å². The van der Waals surface area contributed by atoms with Crippen molar-refractivity contribution in [2.45, 2.75) is 64.8 Å². The van der Waals surface area contributed by atoms with Crippen LogP contribution in [0.3, 0.4) is 0 Å². The Labute approximate surface area is 127 Å². The number of rotatable bonds is 4. The summed E-state index contributed by atoms with van der Waals surface area (Å²) in [6.45, 7) is 6.74. The van der Waals surface area contributed by atoms with E-state index in [1.807, 2.05) is 6.92 Å². The van der Waals surface area contributed by atoms with Crippen LogP contribution < -0.4 is 16.6 Å². The number of nitrogens with one attached hydrogen (secondary N) is 2. The first kappa shape index (κ1) is 14.6. The Hall–Kier alpha value is -1.36. The van der Waals surface area contributed by atoms with E-state index in [1.54, 1.807) is 0 Å². The quantitative estimate of drug-likeness (QED) is 0.586. The number of aromatic nitrogens is 2. The van der Waals surface area contributed by atoms with Crippen molar-refractivity contribution >= 4 is 11.6 Å². The largest absolute Gasteiger partial charge is 0.367 e. The number of hydrogen-bond acceptors (Lipinski definition) is 5. The Morgan fingerprint density at radius 1 is 1.05 bits per heavy atom. The van der Waals surface area contributed by atoms with Gasteiger partial charge < -0.3 is 10.7 Å². The Bertz CT molecular complexity index is 512. The summed E-state index contributed by atoms with van der Waals surface area (Å²) >= 11 is 0. The third kappa shape index (κ3) is 2.98. The molecular weight excluding hydrogens is 262 g/mol. The number of hydrogen-bond donors (Lipinski definition) is 3. The molecule has 5 nitrogen and oxygen atoms in total. The molecule has 1 aromatic rings. The number of anilines is 2. The maximum absolute atomic E-state index is 5.62. The van der Waals surface area contributed by atoms with E-state index < -0.39 is 0 Å². The Balaban J connectivity index is 1.85. The molecule has 0 amide bonds. The summed E-state index contributed by atoms with van der Waals surface area (Å²) in [6.07, 6.45) is 6.25. The van der Waals surface area contributed by atoms with Crippen LogP contribution in [0.15, 0.2) is 0 Å². The molecule has 2 aliphatic carbocycles. The van der Waals surface area contributed by atoms with Crippen molar-refractivity contribution in [3.8, 4) is 0 Å². The standard InChI is InChI=1S/C16H27N5/c1-9-5-4-6-13(10(9)2)18-14-11(3)15(21-17)20-16(19-14)12-7-8-12/h9-10,12-13H,4-8,17H2,1-3H3,(H2,18,19,20,21). The van der Waals surface area contributed by atoms with Crippen LogP contribution in [0.1, 0.15) is 63.3 Å². The van der Waals surface area contributed by atoms with Gasteiger partial charge in [-0.15, -0.1) is 0 Å². The second-order valence-electron chi connectivity index (χ2n) is 6.84. The lowest BCUT2D eigenvalue weighted by molar-refractivity contribution is 0.252. The van der Waals surface area contributed by atoms with Gasteiger partial charge in [0.1, 0.15) is 17.5 Å². The van der Waals surface area contributed by atoms with E-state index in [-0.39, 0.29) is 0 Å². The normalized spacial score (nSPS) is 29.2. The van der Waals surface area contributed by atoms with Gasteiger partial charge in [0.2, 0.25) is 0 Å². The average Bonchev–Trinajstić information content (AvgIpc) is 3.30. The van der Waals surface area contributed by atoms with Gasteiger partial charge in [-0.2, -0.15) is 0 Å². The molecule has 3 rings (SSSR count). The van der Waals surface area contributed by atoms with Crippen LogP contribution in [0.5, 0.6) is 0 Å². The summed E-state index contributed by atoms with van der Waals surface area (Å²) < 4.78 is 0. The summed E-state index contributed by atoms with van der Waals surface area (Å²) in [7, 11) is 0. The van der Waals surface area contributed by atoms with E-state index in [0.717, 1.165) is 28.9 Å².